The lowest BCUT2D eigenvalue weighted by atomic mass is 9.92. The van der Waals surface area contributed by atoms with Crippen LogP contribution in [0.5, 0.6) is 0 Å². The third-order valence-electron chi connectivity index (χ3n) is 3.22. The lowest BCUT2D eigenvalue weighted by molar-refractivity contribution is 0.0876. The molecule has 0 aliphatic carbocycles. The molecule has 1 unspecified atom stereocenters. The van der Waals surface area contributed by atoms with Gasteiger partial charge in [-0.1, -0.05) is 33.6 Å². The summed E-state index contributed by atoms with van der Waals surface area (Å²) in [4.78, 5) is 0. The molecule has 2 aromatic rings. The molecule has 7 heteroatoms. The van der Waals surface area contributed by atoms with Gasteiger partial charge in [-0.25, -0.2) is 0 Å². The molecule has 0 spiro atoms. The first-order valence-electron chi connectivity index (χ1n) is 6.26. The van der Waals surface area contributed by atoms with Crippen molar-refractivity contribution in [2.45, 2.75) is 19.1 Å². The highest BCUT2D eigenvalue weighted by Gasteiger charge is 2.34. The topological polar surface area (TPSA) is 47.3 Å². The van der Waals surface area contributed by atoms with E-state index < -0.39 is 5.60 Å². The summed E-state index contributed by atoms with van der Waals surface area (Å²) in [6.07, 6.45) is 1.66. The lowest BCUT2D eigenvalue weighted by Crippen LogP contribution is -2.28. The van der Waals surface area contributed by atoms with Gasteiger partial charge in [0, 0.05) is 22.2 Å². The van der Waals surface area contributed by atoms with E-state index in [-0.39, 0.29) is 0 Å². The van der Waals surface area contributed by atoms with E-state index in [1.165, 1.54) is 0 Å². The molecule has 1 aromatic carbocycles. The second kappa shape index (κ2) is 6.79. The Bertz CT molecular complexity index is 644. The average molecular weight is 439 g/mol. The number of rotatable bonds is 5. The standard InChI is InChI=1S/C14H15Br2ClN2O2/c1-14(20,10-4-3-9(15)7-12(10)17)13-11(16)8-18-19(13)5-6-21-2/h3-4,7-8,20H,5-6H2,1-2H3. The van der Waals surface area contributed by atoms with Crippen molar-refractivity contribution in [2.75, 3.05) is 13.7 Å². The van der Waals surface area contributed by atoms with Gasteiger partial charge in [0.15, 0.2) is 0 Å². The number of nitrogens with zero attached hydrogens (tertiary/aromatic N) is 2. The van der Waals surface area contributed by atoms with Crippen LogP contribution in [0.3, 0.4) is 0 Å². The van der Waals surface area contributed by atoms with Gasteiger partial charge < -0.3 is 9.84 Å². The first-order chi connectivity index (χ1) is 9.87. The summed E-state index contributed by atoms with van der Waals surface area (Å²) in [6.45, 7) is 2.75. The smallest absolute Gasteiger partial charge is 0.131 e. The fraction of sp³-hybridized carbons (Fsp3) is 0.357. The number of aromatic nitrogens is 2. The van der Waals surface area contributed by atoms with E-state index in [1.54, 1.807) is 37.0 Å². The number of halogens is 3. The lowest BCUT2D eigenvalue weighted by Gasteiger charge is -2.27. The zero-order valence-electron chi connectivity index (χ0n) is 11.6. The number of aliphatic hydroxyl groups is 1. The minimum atomic E-state index is -1.28. The Morgan fingerprint density at radius 1 is 1.43 bits per heavy atom. The maximum atomic E-state index is 11.0. The number of methoxy groups -OCH3 is 1. The number of ether oxygens (including phenoxy) is 1. The molecular formula is C14H15Br2ClN2O2. The van der Waals surface area contributed by atoms with Crippen LogP contribution in [0.25, 0.3) is 0 Å². The molecule has 0 aliphatic rings. The molecule has 0 amide bonds. The molecule has 1 atom stereocenters. The Morgan fingerprint density at radius 2 is 2.14 bits per heavy atom. The first-order valence-corrected chi connectivity index (χ1v) is 8.23. The second-order valence-electron chi connectivity index (χ2n) is 4.75. The first kappa shape index (κ1) is 17.0. The van der Waals surface area contributed by atoms with Crippen LogP contribution in [-0.2, 0) is 16.9 Å². The predicted molar refractivity (Wildman–Crippen MR) is 89.6 cm³/mol. The van der Waals surface area contributed by atoms with Crippen molar-refractivity contribution in [3.63, 3.8) is 0 Å². The molecule has 0 aliphatic heterocycles. The highest BCUT2D eigenvalue weighted by atomic mass is 79.9. The zero-order chi connectivity index (χ0) is 15.6. The quantitative estimate of drug-likeness (QED) is 0.769. The largest absolute Gasteiger partial charge is 0.383 e. The van der Waals surface area contributed by atoms with Crippen molar-refractivity contribution in [1.82, 2.24) is 9.78 Å². The van der Waals surface area contributed by atoms with E-state index in [9.17, 15) is 5.11 Å². The van der Waals surface area contributed by atoms with Gasteiger partial charge in [-0.2, -0.15) is 5.10 Å². The van der Waals surface area contributed by atoms with E-state index in [0.717, 1.165) is 8.95 Å². The Kier molecular flexibility index (Phi) is 5.48. The van der Waals surface area contributed by atoms with Crippen LogP contribution in [-0.4, -0.2) is 28.6 Å². The van der Waals surface area contributed by atoms with Gasteiger partial charge in [-0.3, -0.25) is 4.68 Å². The van der Waals surface area contributed by atoms with Crippen LogP contribution >= 0.6 is 43.5 Å². The second-order valence-corrected chi connectivity index (χ2v) is 6.93. The third kappa shape index (κ3) is 3.51. The van der Waals surface area contributed by atoms with Crippen molar-refractivity contribution in [1.29, 1.82) is 0 Å². The van der Waals surface area contributed by atoms with Crippen LogP contribution in [0.2, 0.25) is 5.02 Å². The normalized spacial score (nSPS) is 14.2. The van der Waals surface area contributed by atoms with Gasteiger partial charge in [0.2, 0.25) is 0 Å². The summed E-state index contributed by atoms with van der Waals surface area (Å²) in [7, 11) is 1.63. The predicted octanol–water partition coefficient (Wildman–Crippen LogP) is 3.96. The summed E-state index contributed by atoms with van der Waals surface area (Å²) in [5.74, 6) is 0. The van der Waals surface area contributed by atoms with E-state index >= 15 is 0 Å². The summed E-state index contributed by atoms with van der Waals surface area (Å²) < 4.78 is 8.38. The van der Waals surface area contributed by atoms with Gasteiger partial charge in [0.25, 0.3) is 0 Å². The van der Waals surface area contributed by atoms with Crippen LogP contribution < -0.4 is 0 Å². The van der Waals surface area contributed by atoms with E-state index in [4.69, 9.17) is 16.3 Å². The number of hydrogen-bond donors (Lipinski definition) is 1. The highest BCUT2D eigenvalue weighted by molar-refractivity contribution is 9.10. The maximum absolute atomic E-state index is 11.0. The van der Waals surface area contributed by atoms with Gasteiger partial charge in [-0.05, 0) is 35.0 Å². The van der Waals surface area contributed by atoms with Crippen molar-refractivity contribution in [2.24, 2.45) is 0 Å². The molecule has 0 saturated carbocycles. The number of hydrogen-bond acceptors (Lipinski definition) is 3. The molecule has 1 aromatic heterocycles. The van der Waals surface area contributed by atoms with E-state index in [0.29, 0.717) is 29.4 Å². The molecule has 0 radical (unpaired) electrons. The maximum Gasteiger partial charge on any atom is 0.131 e. The Balaban J connectivity index is 2.50. The molecule has 114 valence electrons. The van der Waals surface area contributed by atoms with Crippen LogP contribution in [0.4, 0.5) is 0 Å². The average Bonchev–Trinajstić information content (AvgIpc) is 2.77. The molecule has 2 rings (SSSR count). The highest BCUT2D eigenvalue weighted by Crippen LogP contribution is 2.38. The van der Waals surface area contributed by atoms with Gasteiger partial charge in [0.1, 0.15) is 5.60 Å². The molecule has 0 saturated heterocycles. The van der Waals surface area contributed by atoms with Gasteiger partial charge in [-0.15, -0.1) is 0 Å². The van der Waals surface area contributed by atoms with Crippen molar-refractivity contribution < 1.29 is 9.84 Å². The Labute approximate surface area is 145 Å². The SMILES string of the molecule is COCCn1ncc(Br)c1C(C)(O)c1ccc(Br)cc1Cl. The monoisotopic (exact) mass is 436 g/mol. The molecular weight excluding hydrogens is 423 g/mol. The van der Waals surface area contributed by atoms with Crippen molar-refractivity contribution in [3.05, 3.63) is 49.6 Å². The van der Waals surface area contributed by atoms with E-state index in [1.807, 2.05) is 6.07 Å². The summed E-state index contributed by atoms with van der Waals surface area (Å²) in [5.41, 5.74) is -0.0167. The van der Waals surface area contributed by atoms with Crippen molar-refractivity contribution in [3.8, 4) is 0 Å². The summed E-state index contributed by atoms with van der Waals surface area (Å²) >= 11 is 13.1. The minimum absolute atomic E-state index is 0.487. The molecule has 0 bridgehead atoms. The van der Waals surface area contributed by atoms with Gasteiger partial charge in [0.05, 0.1) is 29.5 Å². The molecule has 0 fully saturated rings. The fourth-order valence-electron chi connectivity index (χ4n) is 2.21. The summed E-state index contributed by atoms with van der Waals surface area (Å²) in [6, 6.07) is 5.40. The zero-order valence-corrected chi connectivity index (χ0v) is 15.5. The molecule has 21 heavy (non-hydrogen) atoms. The minimum Gasteiger partial charge on any atom is -0.383 e. The fourth-order valence-corrected chi connectivity index (χ4v) is 3.75. The van der Waals surface area contributed by atoms with Crippen LogP contribution in [0.15, 0.2) is 33.3 Å². The summed E-state index contributed by atoms with van der Waals surface area (Å²) in [5, 5.41) is 15.8. The molecule has 1 heterocycles. The molecule has 4 nitrogen and oxygen atoms in total. The Hall–Kier alpha value is -0.400. The van der Waals surface area contributed by atoms with Crippen LogP contribution in [0.1, 0.15) is 18.2 Å². The van der Waals surface area contributed by atoms with Crippen molar-refractivity contribution >= 4 is 43.5 Å². The third-order valence-corrected chi connectivity index (χ3v) is 4.60. The van der Waals surface area contributed by atoms with E-state index in [2.05, 4.69) is 37.0 Å². The Morgan fingerprint density at radius 3 is 2.76 bits per heavy atom. The van der Waals surface area contributed by atoms with Crippen LogP contribution in [0, 0.1) is 0 Å². The van der Waals surface area contributed by atoms with Gasteiger partial charge >= 0.3 is 0 Å². The number of benzene rings is 1. The molecule has 1 N–H and O–H groups in total.